The van der Waals surface area contributed by atoms with Gasteiger partial charge in [-0.25, -0.2) is 4.79 Å². The summed E-state index contributed by atoms with van der Waals surface area (Å²) in [5, 5.41) is 0.135. The van der Waals surface area contributed by atoms with Gasteiger partial charge in [-0.05, 0) is 11.8 Å². The highest BCUT2D eigenvalue weighted by molar-refractivity contribution is 9.09. The molecule has 0 spiro atoms. The summed E-state index contributed by atoms with van der Waals surface area (Å²) in [5.74, 6) is -0.766. The third kappa shape index (κ3) is 6.05. The van der Waals surface area contributed by atoms with E-state index in [1.807, 2.05) is 27.7 Å². The zero-order valence-electron chi connectivity index (χ0n) is 10.3. The second-order valence-corrected chi connectivity index (χ2v) is 5.18. The van der Waals surface area contributed by atoms with Crippen molar-refractivity contribution in [2.24, 2.45) is 5.41 Å². The van der Waals surface area contributed by atoms with Gasteiger partial charge in [0.15, 0.2) is 5.78 Å². The van der Waals surface area contributed by atoms with Crippen LogP contribution in [0.2, 0.25) is 0 Å². The van der Waals surface area contributed by atoms with Gasteiger partial charge in [0.1, 0.15) is 5.57 Å². The summed E-state index contributed by atoms with van der Waals surface area (Å²) >= 11 is 3.06. The van der Waals surface area contributed by atoms with E-state index in [2.05, 4.69) is 15.9 Å². The lowest BCUT2D eigenvalue weighted by molar-refractivity contribution is -0.140. The second kappa shape index (κ2) is 6.84. The number of ketones is 1. The molecule has 0 aliphatic carbocycles. The first-order valence-electron chi connectivity index (χ1n) is 5.31. The number of carbonyl (C=O) groups excluding carboxylic acids is 2. The van der Waals surface area contributed by atoms with Crippen LogP contribution in [0, 0.1) is 5.41 Å². The van der Waals surface area contributed by atoms with Crippen molar-refractivity contribution in [3.8, 4) is 0 Å². The fraction of sp³-hybridized carbons (Fsp3) is 0.667. The number of Topliss-reactive ketones (excluding diaryl/α,β-unsaturated/α-hetero) is 1. The van der Waals surface area contributed by atoms with Crippen molar-refractivity contribution in [3.63, 3.8) is 0 Å². The van der Waals surface area contributed by atoms with Crippen molar-refractivity contribution in [3.05, 3.63) is 11.6 Å². The first-order chi connectivity index (χ1) is 7.31. The highest BCUT2D eigenvalue weighted by Gasteiger charge is 2.21. The lowest BCUT2D eigenvalue weighted by atomic mass is 9.92. The Bertz CT molecular complexity index is 287. The quantitative estimate of drug-likeness (QED) is 0.257. The van der Waals surface area contributed by atoms with Crippen LogP contribution in [0.1, 0.15) is 34.1 Å². The van der Waals surface area contributed by atoms with Gasteiger partial charge in [-0.3, -0.25) is 4.79 Å². The molecule has 0 amide bonds. The first-order valence-corrected chi connectivity index (χ1v) is 6.43. The highest BCUT2D eigenvalue weighted by atomic mass is 79.9. The van der Waals surface area contributed by atoms with Gasteiger partial charge in [0.05, 0.1) is 11.9 Å². The molecule has 0 saturated heterocycles. The molecule has 0 radical (unpaired) electrons. The number of halogens is 1. The molecule has 16 heavy (non-hydrogen) atoms. The first kappa shape index (κ1) is 15.4. The summed E-state index contributed by atoms with van der Waals surface area (Å²) < 4.78 is 4.97. The Morgan fingerprint density at radius 3 is 2.25 bits per heavy atom. The van der Waals surface area contributed by atoms with E-state index in [9.17, 15) is 9.59 Å². The van der Waals surface area contributed by atoms with E-state index < -0.39 is 5.97 Å². The zero-order chi connectivity index (χ0) is 12.8. The van der Waals surface area contributed by atoms with Crippen molar-refractivity contribution in [1.82, 2.24) is 0 Å². The molecule has 3 nitrogen and oxygen atoms in total. The zero-order valence-corrected chi connectivity index (χ0v) is 11.9. The molecule has 0 aliphatic heterocycles. The lowest BCUT2D eigenvalue weighted by Gasteiger charge is -2.14. The van der Waals surface area contributed by atoms with Crippen LogP contribution in [0.25, 0.3) is 0 Å². The predicted molar refractivity (Wildman–Crippen MR) is 67.6 cm³/mol. The maximum Gasteiger partial charge on any atom is 0.341 e. The van der Waals surface area contributed by atoms with Gasteiger partial charge in [0.2, 0.25) is 0 Å². The number of hydrogen-bond acceptors (Lipinski definition) is 3. The van der Waals surface area contributed by atoms with E-state index >= 15 is 0 Å². The molecule has 0 aromatic carbocycles. The Hall–Kier alpha value is -0.640. The van der Waals surface area contributed by atoms with Crippen LogP contribution in [0.4, 0.5) is 0 Å². The van der Waals surface area contributed by atoms with Gasteiger partial charge < -0.3 is 4.74 Å². The van der Waals surface area contributed by atoms with E-state index in [4.69, 9.17) is 4.74 Å². The van der Waals surface area contributed by atoms with Crippen molar-refractivity contribution in [1.29, 1.82) is 0 Å². The number of carbonyl (C=O) groups is 2. The summed E-state index contributed by atoms with van der Waals surface area (Å²) in [7, 11) is 0. The van der Waals surface area contributed by atoms with Crippen molar-refractivity contribution in [2.45, 2.75) is 34.1 Å². The molecular weight excluding hydrogens is 272 g/mol. The predicted octanol–water partition coefficient (Wildman–Crippen LogP) is 2.88. The lowest BCUT2D eigenvalue weighted by Crippen LogP contribution is -2.19. The van der Waals surface area contributed by atoms with Crippen LogP contribution in [-0.4, -0.2) is 23.7 Å². The number of hydrogen-bond donors (Lipinski definition) is 0. The fourth-order valence-electron chi connectivity index (χ4n) is 1.03. The maximum absolute atomic E-state index is 11.6. The SMILES string of the molecule is CCCOC(=O)C(=CC(C)(C)C)C(=O)CBr. The molecule has 0 N–H and O–H groups in total. The topological polar surface area (TPSA) is 43.4 Å². The Morgan fingerprint density at radius 2 is 1.88 bits per heavy atom. The number of allylic oxidation sites excluding steroid dienone is 1. The molecular formula is C12H19BrO3. The average Bonchev–Trinajstić information content (AvgIpc) is 2.20. The molecule has 0 saturated carbocycles. The normalized spacial score (nSPS) is 12.4. The minimum Gasteiger partial charge on any atom is -0.462 e. The van der Waals surface area contributed by atoms with Crippen LogP contribution >= 0.6 is 15.9 Å². The maximum atomic E-state index is 11.6. The summed E-state index contributed by atoms with van der Waals surface area (Å²) in [5.41, 5.74) is -0.0869. The van der Waals surface area contributed by atoms with Crippen LogP contribution in [-0.2, 0) is 14.3 Å². The summed E-state index contributed by atoms with van der Waals surface area (Å²) in [4.78, 5) is 23.2. The second-order valence-electron chi connectivity index (χ2n) is 4.62. The van der Waals surface area contributed by atoms with Gasteiger partial charge >= 0.3 is 5.97 Å². The van der Waals surface area contributed by atoms with Gasteiger partial charge in [0, 0.05) is 0 Å². The molecule has 4 heteroatoms. The molecule has 0 heterocycles. The number of esters is 1. The Morgan fingerprint density at radius 1 is 1.31 bits per heavy atom. The Kier molecular flexibility index (Phi) is 6.56. The Labute approximate surface area is 105 Å². The van der Waals surface area contributed by atoms with Gasteiger partial charge in [-0.2, -0.15) is 0 Å². The highest BCUT2D eigenvalue weighted by Crippen LogP contribution is 2.19. The number of alkyl halides is 1. The van der Waals surface area contributed by atoms with E-state index in [-0.39, 0.29) is 22.1 Å². The molecule has 0 aromatic rings. The van der Waals surface area contributed by atoms with Gasteiger partial charge in [-0.15, -0.1) is 0 Å². The molecule has 0 aromatic heterocycles. The third-order valence-corrected chi connectivity index (χ3v) is 2.17. The summed E-state index contributed by atoms with van der Waals surface area (Å²) in [6, 6.07) is 0. The minimum atomic E-state index is -0.527. The molecule has 0 aliphatic rings. The molecule has 92 valence electrons. The van der Waals surface area contributed by atoms with E-state index in [0.29, 0.717) is 6.61 Å². The van der Waals surface area contributed by atoms with Crippen LogP contribution in [0.3, 0.4) is 0 Å². The monoisotopic (exact) mass is 290 g/mol. The summed E-state index contributed by atoms with van der Waals surface area (Å²) in [6.07, 6.45) is 2.41. The van der Waals surface area contributed by atoms with Gasteiger partial charge in [0.25, 0.3) is 0 Å². The third-order valence-electron chi connectivity index (χ3n) is 1.66. The molecule has 0 unspecified atom stereocenters. The van der Waals surface area contributed by atoms with Crippen molar-refractivity contribution in [2.75, 3.05) is 11.9 Å². The smallest absolute Gasteiger partial charge is 0.341 e. The minimum absolute atomic E-state index is 0.135. The average molecular weight is 291 g/mol. The van der Waals surface area contributed by atoms with E-state index in [1.54, 1.807) is 6.08 Å². The fourth-order valence-corrected chi connectivity index (χ4v) is 1.33. The van der Waals surface area contributed by atoms with Crippen LogP contribution < -0.4 is 0 Å². The largest absolute Gasteiger partial charge is 0.462 e. The van der Waals surface area contributed by atoms with Crippen LogP contribution in [0.15, 0.2) is 11.6 Å². The van der Waals surface area contributed by atoms with Crippen molar-refractivity contribution >= 4 is 27.7 Å². The van der Waals surface area contributed by atoms with E-state index in [1.165, 1.54) is 0 Å². The van der Waals surface area contributed by atoms with Crippen LogP contribution in [0.5, 0.6) is 0 Å². The van der Waals surface area contributed by atoms with Gasteiger partial charge in [-0.1, -0.05) is 49.7 Å². The molecule has 0 bridgehead atoms. The summed E-state index contributed by atoms with van der Waals surface area (Å²) in [6.45, 7) is 8.05. The molecule has 0 fully saturated rings. The molecule has 0 rings (SSSR count). The standard InChI is InChI=1S/C12H19BrO3/c1-5-6-16-11(15)9(10(14)8-13)7-12(2,3)4/h7H,5-6,8H2,1-4H3. The Balaban J connectivity index is 4.89. The van der Waals surface area contributed by atoms with E-state index in [0.717, 1.165) is 6.42 Å². The van der Waals surface area contributed by atoms with Crippen molar-refractivity contribution < 1.29 is 14.3 Å². The number of rotatable bonds is 5. The number of ether oxygens (including phenoxy) is 1. The molecule has 0 atom stereocenters.